The molecule has 170 valence electrons. The average Bonchev–Trinajstić information content (AvgIpc) is 2.69. The van der Waals surface area contributed by atoms with Crippen molar-refractivity contribution in [1.82, 2.24) is 10.8 Å². The molecule has 2 amide bonds. The summed E-state index contributed by atoms with van der Waals surface area (Å²) in [6.45, 7) is 1.37. The number of halogens is 3. The van der Waals surface area contributed by atoms with Crippen molar-refractivity contribution in [2.24, 2.45) is 0 Å². The maximum absolute atomic E-state index is 12.2. The van der Waals surface area contributed by atoms with Gasteiger partial charge in [-0.3, -0.25) is 14.8 Å². The molecule has 0 saturated heterocycles. The lowest BCUT2D eigenvalue weighted by molar-refractivity contribution is -0.274. The number of rotatable bonds is 8. The van der Waals surface area contributed by atoms with Crippen LogP contribution in [0.25, 0.3) is 0 Å². The zero-order valence-corrected chi connectivity index (χ0v) is 15.6. The predicted molar refractivity (Wildman–Crippen MR) is 103 cm³/mol. The Bertz CT molecular complexity index is 855. The number of carbonyl (C=O) groups is 2. The van der Waals surface area contributed by atoms with Gasteiger partial charge in [0.2, 0.25) is 0 Å². The second kappa shape index (κ2) is 11.2. The van der Waals surface area contributed by atoms with Gasteiger partial charge in [0.25, 0.3) is 11.8 Å². The number of aliphatic hydroxyl groups is 1. The number of ether oxygens (including phenoxy) is 2. The fourth-order valence-corrected chi connectivity index (χ4v) is 2.36. The van der Waals surface area contributed by atoms with E-state index in [2.05, 4.69) is 10.1 Å². The first kappa shape index (κ1) is 25.7. The van der Waals surface area contributed by atoms with Crippen LogP contribution in [0.1, 0.15) is 30.3 Å². The summed E-state index contributed by atoms with van der Waals surface area (Å²) < 4.78 is 45.7. The zero-order chi connectivity index (χ0) is 22.3. The third-order valence-electron chi connectivity index (χ3n) is 3.84. The van der Waals surface area contributed by atoms with Crippen molar-refractivity contribution in [3.05, 3.63) is 59.7 Å². The highest BCUT2D eigenvalue weighted by Crippen LogP contribution is 2.25. The van der Waals surface area contributed by atoms with E-state index in [-0.39, 0.29) is 25.3 Å². The smallest absolute Gasteiger partial charge is 0.489 e. The van der Waals surface area contributed by atoms with E-state index >= 15 is 0 Å². The highest BCUT2D eigenvalue weighted by Gasteiger charge is 2.31. The van der Waals surface area contributed by atoms with Crippen LogP contribution in [-0.2, 0) is 11.4 Å². The molecule has 0 fully saturated rings. The van der Waals surface area contributed by atoms with Crippen LogP contribution in [-0.4, -0.2) is 40.6 Å². The summed E-state index contributed by atoms with van der Waals surface area (Å²) in [5, 5.41) is 20.5. The Morgan fingerprint density at radius 3 is 2.06 bits per heavy atom. The first-order chi connectivity index (χ1) is 14.1. The Kier molecular flexibility index (Phi) is 9.28. The molecule has 0 aliphatic rings. The quantitative estimate of drug-likeness (QED) is 0.368. The third-order valence-corrected chi connectivity index (χ3v) is 3.84. The summed E-state index contributed by atoms with van der Waals surface area (Å²) in [4.78, 5) is 23.7. The maximum Gasteiger partial charge on any atom is 0.573 e. The number of aliphatic hydroxyl groups excluding tert-OH is 1. The van der Waals surface area contributed by atoms with Gasteiger partial charge in [-0.05, 0) is 48.9 Å². The molecule has 0 saturated carbocycles. The molecule has 11 heteroatoms. The van der Waals surface area contributed by atoms with E-state index in [9.17, 15) is 27.9 Å². The lowest BCUT2D eigenvalue weighted by Crippen LogP contribution is -2.51. The second-order valence-corrected chi connectivity index (χ2v) is 6.17. The number of hydroxylamine groups is 1. The zero-order valence-electron chi connectivity index (χ0n) is 15.6. The van der Waals surface area contributed by atoms with Gasteiger partial charge in [0, 0.05) is 5.56 Å². The lowest BCUT2D eigenvalue weighted by Gasteiger charge is -2.19. The summed E-state index contributed by atoms with van der Waals surface area (Å²) in [6, 6.07) is 9.65. The molecule has 0 unspecified atom stereocenters. The van der Waals surface area contributed by atoms with E-state index in [1.54, 1.807) is 12.1 Å². The van der Waals surface area contributed by atoms with Gasteiger partial charge in [0.15, 0.2) is 0 Å². The van der Waals surface area contributed by atoms with E-state index in [1.165, 1.54) is 36.7 Å². The molecule has 4 N–H and O–H groups in total. The van der Waals surface area contributed by atoms with Crippen molar-refractivity contribution in [1.29, 1.82) is 0 Å². The van der Waals surface area contributed by atoms with Crippen LogP contribution >= 0.6 is 0 Å². The molecular formula is C20H23F3N2O6. The van der Waals surface area contributed by atoms with Crippen molar-refractivity contribution in [3.8, 4) is 11.5 Å². The molecule has 0 aliphatic heterocycles. The van der Waals surface area contributed by atoms with Gasteiger partial charge < -0.3 is 19.9 Å². The van der Waals surface area contributed by atoms with Gasteiger partial charge in [-0.25, -0.2) is 5.48 Å². The normalized spacial score (nSPS) is 12.7. The maximum atomic E-state index is 12.2. The number of amides is 2. The number of alkyl halides is 3. The van der Waals surface area contributed by atoms with E-state index in [4.69, 9.17) is 9.94 Å². The van der Waals surface area contributed by atoms with Crippen LogP contribution in [0.3, 0.4) is 0 Å². The highest BCUT2D eigenvalue weighted by atomic mass is 19.4. The van der Waals surface area contributed by atoms with Crippen molar-refractivity contribution < 1.29 is 42.5 Å². The first-order valence-corrected chi connectivity index (χ1v) is 8.59. The van der Waals surface area contributed by atoms with Crippen LogP contribution in [0.2, 0.25) is 0 Å². The van der Waals surface area contributed by atoms with Crippen molar-refractivity contribution in [3.63, 3.8) is 0 Å². The van der Waals surface area contributed by atoms with Crippen molar-refractivity contribution >= 4 is 11.8 Å². The number of hydrogen-bond acceptors (Lipinski definition) is 6. The SMILES string of the molecule is C.C[C@@H](O)[C@H](NC(=O)c1ccc(COc2ccc(OC(F)(F)F)cc2)cc1)C(=O)NO. The molecule has 0 radical (unpaired) electrons. The monoisotopic (exact) mass is 444 g/mol. The summed E-state index contributed by atoms with van der Waals surface area (Å²) in [6.07, 6.45) is -6.00. The fourth-order valence-electron chi connectivity index (χ4n) is 2.36. The van der Waals surface area contributed by atoms with Gasteiger partial charge in [-0.1, -0.05) is 19.6 Å². The standard InChI is InChI=1S/C19H19F3N2O6.CH4/c1-11(25)16(18(27)24-28)23-17(26)13-4-2-12(3-5-13)10-29-14-6-8-15(9-7-14)30-19(20,21)22;/h2-9,11,16,25,28H,10H2,1H3,(H,23,26)(H,24,27);1H4/t11-,16+;/m1./s1. The molecule has 0 aliphatic carbocycles. The Hall–Kier alpha value is -3.31. The van der Waals surface area contributed by atoms with E-state index in [1.807, 2.05) is 0 Å². The Morgan fingerprint density at radius 2 is 1.58 bits per heavy atom. The molecule has 0 bridgehead atoms. The number of carbonyl (C=O) groups excluding carboxylic acids is 2. The molecule has 2 rings (SSSR count). The van der Waals surface area contributed by atoms with Crippen LogP contribution in [0, 0.1) is 0 Å². The van der Waals surface area contributed by atoms with Crippen LogP contribution < -0.4 is 20.3 Å². The molecule has 31 heavy (non-hydrogen) atoms. The Labute approximate surface area is 176 Å². The molecule has 2 aromatic carbocycles. The summed E-state index contributed by atoms with van der Waals surface area (Å²) >= 11 is 0. The minimum absolute atomic E-state index is 0. The van der Waals surface area contributed by atoms with Gasteiger partial charge in [0.05, 0.1) is 6.10 Å². The summed E-state index contributed by atoms with van der Waals surface area (Å²) in [5.41, 5.74) is 2.23. The molecular weight excluding hydrogens is 421 g/mol. The van der Waals surface area contributed by atoms with Gasteiger partial charge in [-0.2, -0.15) is 0 Å². The van der Waals surface area contributed by atoms with E-state index < -0.39 is 30.3 Å². The molecule has 0 heterocycles. The topological polar surface area (TPSA) is 117 Å². The number of nitrogens with one attached hydrogen (secondary N) is 2. The lowest BCUT2D eigenvalue weighted by atomic mass is 10.1. The number of benzene rings is 2. The minimum atomic E-state index is -4.77. The fraction of sp³-hybridized carbons (Fsp3) is 0.300. The van der Waals surface area contributed by atoms with Crippen LogP contribution in [0.5, 0.6) is 11.5 Å². The van der Waals surface area contributed by atoms with Crippen molar-refractivity contribution in [2.45, 2.75) is 39.5 Å². The van der Waals surface area contributed by atoms with Crippen molar-refractivity contribution in [2.75, 3.05) is 0 Å². The molecule has 2 atom stereocenters. The van der Waals surface area contributed by atoms with E-state index in [0.717, 1.165) is 12.1 Å². The van der Waals surface area contributed by atoms with Crippen LogP contribution in [0.15, 0.2) is 48.5 Å². The summed E-state index contributed by atoms with van der Waals surface area (Å²) in [7, 11) is 0. The first-order valence-electron chi connectivity index (χ1n) is 8.59. The third kappa shape index (κ3) is 8.15. The average molecular weight is 444 g/mol. The van der Waals surface area contributed by atoms with Gasteiger partial charge in [0.1, 0.15) is 24.1 Å². The summed E-state index contributed by atoms with van der Waals surface area (Å²) in [5.74, 6) is -1.65. The van der Waals surface area contributed by atoms with Gasteiger partial charge >= 0.3 is 6.36 Å². The molecule has 2 aromatic rings. The predicted octanol–water partition coefficient (Wildman–Crippen LogP) is 2.78. The minimum Gasteiger partial charge on any atom is -0.489 e. The number of hydrogen-bond donors (Lipinski definition) is 4. The molecule has 0 spiro atoms. The largest absolute Gasteiger partial charge is 0.573 e. The van der Waals surface area contributed by atoms with Crippen LogP contribution in [0.4, 0.5) is 13.2 Å². The highest BCUT2D eigenvalue weighted by molar-refractivity contribution is 5.97. The van der Waals surface area contributed by atoms with E-state index in [0.29, 0.717) is 11.3 Å². The Morgan fingerprint density at radius 1 is 1.03 bits per heavy atom. The second-order valence-electron chi connectivity index (χ2n) is 6.17. The van der Waals surface area contributed by atoms with Gasteiger partial charge in [-0.15, -0.1) is 13.2 Å². The molecule has 0 aromatic heterocycles. The Balaban J connectivity index is 0.00000480. The molecule has 8 nitrogen and oxygen atoms in total.